The number of amides is 4. The van der Waals surface area contributed by atoms with Gasteiger partial charge in [-0.25, -0.2) is 4.79 Å². The van der Waals surface area contributed by atoms with E-state index in [-0.39, 0.29) is 18.6 Å². The van der Waals surface area contributed by atoms with Crippen molar-refractivity contribution in [3.63, 3.8) is 0 Å². The third kappa shape index (κ3) is 7.05. The second kappa shape index (κ2) is 12.5. The largest absolute Gasteiger partial charge is 0.494 e. The van der Waals surface area contributed by atoms with Crippen LogP contribution in [0.5, 0.6) is 5.75 Å². The molecule has 2 N–H and O–H groups in total. The minimum absolute atomic E-state index is 0.0783. The van der Waals surface area contributed by atoms with Crippen molar-refractivity contribution in [1.29, 1.82) is 0 Å². The summed E-state index contributed by atoms with van der Waals surface area (Å²) in [6.45, 7) is 4.17. The average molecular weight is 502 g/mol. The Labute approximate surface area is 211 Å². The zero-order chi connectivity index (χ0) is 26.1. The quantitative estimate of drug-likeness (QED) is 0.194. The molecule has 1 aliphatic carbocycles. The molecule has 0 atom stereocenters. The molecule has 10 heteroatoms. The van der Waals surface area contributed by atoms with Gasteiger partial charge >= 0.3 is 12.0 Å². The van der Waals surface area contributed by atoms with Gasteiger partial charge in [0, 0.05) is 12.0 Å². The lowest BCUT2D eigenvalue weighted by Gasteiger charge is -2.33. The van der Waals surface area contributed by atoms with E-state index in [1.165, 1.54) is 0 Å². The highest BCUT2D eigenvalue weighted by molar-refractivity contribution is 6.08. The minimum atomic E-state index is -0.979. The fourth-order valence-electron chi connectivity index (χ4n) is 4.33. The number of urea groups is 1. The number of hydrazine groups is 1. The normalized spacial score (nSPS) is 21.3. The first-order valence-corrected chi connectivity index (χ1v) is 12.6. The average Bonchev–Trinajstić information content (AvgIpc) is 3.10. The number of imide groups is 1. The number of benzene rings is 1. The lowest BCUT2D eigenvalue weighted by molar-refractivity contribution is -0.150. The zero-order valence-electron chi connectivity index (χ0n) is 21.0. The Morgan fingerprint density at radius 2 is 1.78 bits per heavy atom. The molecule has 2 aliphatic rings. The monoisotopic (exact) mass is 501 g/mol. The summed E-state index contributed by atoms with van der Waals surface area (Å²) in [6.07, 6.45) is 5.54. The van der Waals surface area contributed by atoms with Crippen LogP contribution in [0.15, 0.2) is 24.3 Å². The smallest absolute Gasteiger partial charge is 0.344 e. The number of nitrogens with zero attached hydrogens (tertiary/aromatic N) is 1. The van der Waals surface area contributed by atoms with Gasteiger partial charge in [-0.1, -0.05) is 26.7 Å². The Morgan fingerprint density at radius 3 is 2.44 bits per heavy atom. The number of carbonyl (C=O) groups is 5. The molecule has 0 unspecified atom stereocenters. The molecule has 1 heterocycles. The van der Waals surface area contributed by atoms with E-state index in [2.05, 4.69) is 24.6 Å². The van der Waals surface area contributed by atoms with Gasteiger partial charge in [0.05, 0.1) is 13.0 Å². The molecule has 36 heavy (non-hydrogen) atoms. The molecule has 0 bridgehead atoms. The van der Waals surface area contributed by atoms with E-state index in [1.54, 1.807) is 24.3 Å². The van der Waals surface area contributed by atoms with Crippen LogP contribution < -0.4 is 15.5 Å². The summed E-state index contributed by atoms with van der Waals surface area (Å²) in [7, 11) is 0. The summed E-state index contributed by atoms with van der Waals surface area (Å²) in [4.78, 5) is 61.6. The van der Waals surface area contributed by atoms with Gasteiger partial charge in [0.2, 0.25) is 0 Å². The SMILES string of the molecule is CCCCCOc1ccc(C(=O)CCC(=O)OCC(=O)NN2C(=O)NC3(CCC(C)CC3)C2=O)cc1. The minimum Gasteiger partial charge on any atom is -0.494 e. The van der Waals surface area contributed by atoms with Crippen molar-refractivity contribution in [2.75, 3.05) is 13.2 Å². The molecule has 1 saturated heterocycles. The van der Waals surface area contributed by atoms with E-state index in [1.807, 2.05) is 0 Å². The number of hydrogen-bond acceptors (Lipinski definition) is 7. The third-order valence-electron chi connectivity index (χ3n) is 6.64. The van der Waals surface area contributed by atoms with E-state index >= 15 is 0 Å². The molecule has 1 spiro atoms. The Kier molecular flexibility index (Phi) is 9.44. The van der Waals surface area contributed by atoms with Crippen LogP contribution in [0.25, 0.3) is 0 Å². The molecule has 1 saturated carbocycles. The summed E-state index contributed by atoms with van der Waals surface area (Å²) >= 11 is 0. The highest BCUT2D eigenvalue weighted by Gasteiger charge is 2.52. The highest BCUT2D eigenvalue weighted by Crippen LogP contribution is 2.35. The number of ketones is 1. The zero-order valence-corrected chi connectivity index (χ0v) is 21.0. The van der Waals surface area contributed by atoms with E-state index in [0.29, 0.717) is 41.7 Å². The number of carbonyl (C=O) groups excluding carboxylic acids is 5. The number of ether oxygens (including phenoxy) is 2. The van der Waals surface area contributed by atoms with Crippen molar-refractivity contribution in [3.8, 4) is 5.75 Å². The third-order valence-corrected chi connectivity index (χ3v) is 6.64. The molecule has 10 nitrogen and oxygen atoms in total. The maximum atomic E-state index is 12.8. The number of Topliss-reactive ketones (excluding diaryl/α,β-unsaturated/α-hetero) is 1. The van der Waals surface area contributed by atoms with Gasteiger partial charge in [0.15, 0.2) is 12.4 Å². The Morgan fingerprint density at radius 1 is 1.08 bits per heavy atom. The maximum absolute atomic E-state index is 12.8. The topological polar surface area (TPSA) is 131 Å². The van der Waals surface area contributed by atoms with Crippen molar-refractivity contribution in [3.05, 3.63) is 29.8 Å². The lowest BCUT2D eigenvalue weighted by atomic mass is 9.77. The van der Waals surface area contributed by atoms with Crippen molar-refractivity contribution in [1.82, 2.24) is 15.8 Å². The predicted molar refractivity (Wildman–Crippen MR) is 130 cm³/mol. The first-order chi connectivity index (χ1) is 17.2. The van der Waals surface area contributed by atoms with Gasteiger partial charge in [-0.3, -0.25) is 24.6 Å². The summed E-state index contributed by atoms with van der Waals surface area (Å²) < 4.78 is 10.5. The molecule has 3 rings (SSSR count). The van der Waals surface area contributed by atoms with Crippen LogP contribution in [0.1, 0.15) is 82.0 Å². The van der Waals surface area contributed by atoms with Crippen LogP contribution in [-0.4, -0.2) is 53.4 Å². The van der Waals surface area contributed by atoms with Gasteiger partial charge in [0.25, 0.3) is 11.8 Å². The van der Waals surface area contributed by atoms with E-state index < -0.39 is 36.0 Å². The van der Waals surface area contributed by atoms with Crippen LogP contribution in [-0.2, 0) is 19.1 Å². The summed E-state index contributed by atoms with van der Waals surface area (Å²) in [5, 5.41) is 3.36. The first-order valence-electron chi connectivity index (χ1n) is 12.6. The van der Waals surface area contributed by atoms with Crippen molar-refractivity contribution in [2.45, 2.75) is 77.2 Å². The second-order valence-corrected chi connectivity index (χ2v) is 9.53. The van der Waals surface area contributed by atoms with E-state index in [4.69, 9.17) is 9.47 Å². The van der Waals surface area contributed by atoms with Gasteiger partial charge < -0.3 is 14.8 Å². The molecule has 1 aromatic carbocycles. The lowest BCUT2D eigenvalue weighted by Crippen LogP contribution is -2.52. The molecule has 0 aromatic heterocycles. The van der Waals surface area contributed by atoms with Crippen LogP contribution in [0.2, 0.25) is 0 Å². The molecule has 1 aromatic rings. The highest BCUT2D eigenvalue weighted by atomic mass is 16.5. The molecule has 0 radical (unpaired) electrons. The van der Waals surface area contributed by atoms with Gasteiger partial charge in [0.1, 0.15) is 11.3 Å². The fourth-order valence-corrected chi connectivity index (χ4v) is 4.33. The van der Waals surface area contributed by atoms with Crippen molar-refractivity contribution < 1.29 is 33.4 Å². The molecule has 196 valence electrons. The standard InChI is InChI=1S/C26H35N3O7/c1-3-4-5-16-35-20-8-6-19(7-9-20)21(30)10-11-23(32)36-17-22(31)28-29-24(33)26(27-25(29)34)14-12-18(2)13-15-26/h6-9,18H,3-5,10-17H2,1-2H3,(H,27,34)(H,28,31). The maximum Gasteiger partial charge on any atom is 0.344 e. The van der Waals surface area contributed by atoms with Crippen LogP contribution >= 0.6 is 0 Å². The number of esters is 1. The molecular formula is C26H35N3O7. The number of hydrogen-bond donors (Lipinski definition) is 2. The van der Waals surface area contributed by atoms with E-state index in [0.717, 1.165) is 32.1 Å². The van der Waals surface area contributed by atoms with Gasteiger partial charge in [-0.15, -0.1) is 0 Å². The fraction of sp³-hybridized carbons (Fsp3) is 0.577. The number of rotatable bonds is 12. The summed E-state index contributed by atoms with van der Waals surface area (Å²) in [6, 6.07) is 6.03. The summed E-state index contributed by atoms with van der Waals surface area (Å²) in [5.74, 6) is -1.12. The van der Waals surface area contributed by atoms with Gasteiger partial charge in [-0.05, 0) is 62.3 Å². The van der Waals surface area contributed by atoms with E-state index in [9.17, 15) is 24.0 Å². The molecule has 4 amide bonds. The Bertz CT molecular complexity index is 968. The van der Waals surface area contributed by atoms with Crippen LogP contribution in [0.3, 0.4) is 0 Å². The summed E-state index contributed by atoms with van der Waals surface area (Å²) in [5.41, 5.74) is 1.68. The Balaban J connectivity index is 1.37. The number of unbranched alkanes of at least 4 members (excludes halogenated alkanes) is 2. The van der Waals surface area contributed by atoms with Crippen molar-refractivity contribution in [2.24, 2.45) is 5.92 Å². The number of nitrogens with one attached hydrogen (secondary N) is 2. The molecule has 2 fully saturated rings. The second-order valence-electron chi connectivity index (χ2n) is 9.53. The predicted octanol–water partition coefficient (Wildman–Crippen LogP) is 3.29. The first kappa shape index (κ1) is 27.2. The van der Waals surface area contributed by atoms with Crippen LogP contribution in [0, 0.1) is 5.92 Å². The van der Waals surface area contributed by atoms with Crippen molar-refractivity contribution >= 4 is 29.6 Å². The van der Waals surface area contributed by atoms with Gasteiger partial charge in [-0.2, -0.15) is 5.01 Å². The molecule has 1 aliphatic heterocycles. The molecular weight excluding hydrogens is 466 g/mol. The van der Waals surface area contributed by atoms with Crippen LogP contribution in [0.4, 0.5) is 4.79 Å². The Hall–Kier alpha value is -3.43.